The van der Waals surface area contributed by atoms with Crippen LogP contribution in [0.5, 0.6) is 5.88 Å². The van der Waals surface area contributed by atoms with Crippen LogP contribution < -0.4 is 14.8 Å². The first-order valence-electron chi connectivity index (χ1n) is 11.5. The molecule has 1 aliphatic rings. The van der Waals surface area contributed by atoms with E-state index >= 15 is 0 Å². The lowest BCUT2D eigenvalue weighted by Crippen LogP contribution is -2.34. The van der Waals surface area contributed by atoms with E-state index in [-0.39, 0.29) is 17.1 Å². The predicted molar refractivity (Wildman–Crippen MR) is 138 cm³/mol. The molecular weight excluding hydrogens is 498 g/mol. The van der Waals surface area contributed by atoms with Crippen LogP contribution in [0.2, 0.25) is 0 Å². The van der Waals surface area contributed by atoms with Crippen LogP contribution in [0.1, 0.15) is 23.1 Å². The molecule has 4 rings (SSSR count). The third kappa shape index (κ3) is 5.70. The summed E-state index contributed by atoms with van der Waals surface area (Å²) in [5.74, 6) is 0.398. The minimum Gasteiger partial charge on any atom is -0.481 e. The highest BCUT2D eigenvalue weighted by molar-refractivity contribution is 7.90. The fraction of sp³-hybridized carbons (Fsp3) is 0.280. The number of nitro benzene ring substituents is 1. The third-order valence-corrected chi connectivity index (χ3v) is 7.38. The molecule has 1 aliphatic carbocycles. The van der Waals surface area contributed by atoms with Crippen LogP contribution in [0, 0.1) is 10.1 Å². The average molecular weight is 526 g/mol. The normalized spacial score (nSPS) is 12.8. The number of urea groups is 1. The zero-order valence-electron chi connectivity index (χ0n) is 20.6. The Morgan fingerprint density at radius 2 is 1.95 bits per heavy atom. The first-order valence-corrected chi connectivity index (χ1v) is 13.0. The van der Waals surface area contributed by atoms with Gasteiger partial charge in [0, 0.05) is 36.0 Å². The van der Waals surface area contributed by atoms with Gasteiger partial charge in [0.15, 0.2) is 0 Å². The van der Waals surface area contributed by atoms with Crippen molar-refractivity contribution in [3.63, 3.8) is 0 Å². The summed E-state index contributed by atoms with van der Waals surface area (Å²) in [6.45, 7) is 0.256. The molecule has 194 valence electrons. The Balaban J connectivity index is 1.64. The molecule has 1 heterocycles. The predicted octanol–water partition coefficient (Wildman–Crippen LogP) is 3.73. The maximum Gasteiger partial charge on any atom is 0.333 e. The van der Waals surface area contributed by atoms with Crippen molar-refractivity contribution in [2.75, 3.05) is 26.5 Å². The Hall–Kier alpha value is -4.03. The van der Waals surface area contributed by atoms with E-state index in [1.165, 1.54) is 19.2 Å². The smallest absolute Gasteiger partial charge is 0.333 e. The van der Waals surface area contributed by atoms with E-state index in [9.17, 15) is 23.3 Å². The molecule has 0 saturated heterocycles. The number of methoxy groups -OCH3 is 1. The number of nitrogens with zero attached hydrogens (tertiary/aromatic N) is 3. The van der Waals surface area contributed by atoms with Crippen molar-refractivity contribution in [2.24, 2.45) is 0 Å². The molecule has 3 aromatic rings. The van der Waals surface area contributed by atoms with Gasteiger partial charge in [-0.1, -0.05) is 12.1 Å². The fourth-order valence-electron chi connectivity index (χ4n) is 4.41. The number of benzene rings is 2. The molecule has 0 unspecified atom stereocenters. The Bertz CT molecular complexity index is 1470. The summed E-state index contributed by atoms with van der Waals surface area (Å²) in [5.41, 5.74) is 3.97. The van der Waals surface area contributed by atoms with Gasteiger partial charge in [-0.3, -0.25) is 10.1 Å². The molecule has 2 amide bonds. The van der Waals surface area contributed by atoms with Crippen LogP contribution >= 0.6 is 0 Å². The Morgan fingerprint density at radius 1 is 1.16 bits per heavy atom. The highest BCUT2D eigenvalue weighted by atomic mass is 32.2. The number of carbonyl (C=O) groups is 1. The second-order valence-electron chi connectivity index (χ2n) is 8.91. The highest BCUT2D eigenvalue weighted by Gasteiger charge is 2.25. The number of nitro groups is 1. The SMILES string of the molecule is COc1cc(-c2ccc3c(c2NC(=O)NS(=O)(=O)c2ccc(CN(C)C)c([N+](=O)[O-])c2)CCC3)ccn1. The van der Waals surface area contributed by atoms with E-state index in [4.69, 9.17) is 4.74 Å². The summed E-state index contributed by atoms with van der Waals surface area (Å²) in [6.07, 6.45) is 4.08. The Morgan fingerprint density at radius 3 is 2.65 bits per heavy atom. The molecule has 0 bridgehead atoms. The molecule has 12 heteroatoms. The summed E-state index contributed by atoms with van der Waals surface area (Å²) in [6, 6.07) is 9.98. The molecule has 0 radical (unpaired) electrons. The average Bonchev–Trinajstić information content (AvgIpc) is 3.33. The molecular formula is C25H27N5O6S. The second kappa shape index (κ2) is 10.5. The first kappa shape index (κ1) is 26.0. The zero-order chi connectivity index (χ0) is 26.7. The van der Waals surface area contributed by atoms with Crippen LogP contribution in [-0.4, -0.2) is 50.5 Å². The summed E-state index contributed by atoms with van der Waals surface area (Å²) in [4.78, 5) is 29.3. The van der Waals surface area contributed by atoms with Crippen LogP contribution in [0.3, 0.4) is 0 Å². The van der Waals surface area contributed by atoms with Crippen molar-refractivity contribution in [3.8, 4) is 17.0 Å². The number of hydrogen-bond acceptors (Lipinski definition) is 8. The number of sulfonamides is 1. The minimum atomic E-state index is -4.39. The third-order valence-electron chi connectivity index (χ3n) is 6.05. The van der Waals surface area contributed by atoms with Gasteiger partial charge in [-0.05, 0) is 68.2 Å². The van der Waals surface area contributed by atoms with Crippen molar-refractivity contribution in [3.05, 3.63) is 75.5 Å². The zero-order valence-corrected chi connectivity index (χ0v) is 21.5. The van der Waals surface area contributed by atoms with Crippen molar-refractivity contribution >= 4 is 27.4 Å². The van der Waals surface area contributed by atoms with Gasteiger partial charge in [0.05, 0.1) is 22.6 Å². The summed E-state index contributed by atoms with van der Waals surface area (Å²) < 4.78 is 33.2. The molecule has 37 heavy (non-hydrogen) atoms. The quantitative estimate of drug-likeness (QED) is 0.334. The summed E-state index contributed by atoms with van der Waals surface area (Å²) in [5, 5.41) is 14.3. The summed E-state index contributed by atoms with van der Waals surface area (Å²) in [7, 11) is 0.604. The summed E-state index contributed by atoms with van der Waals surface area (Å²) >= 11 is 0. The molecule has 2 N–H and O–H groups in total. The van der Waals surface area contributed by atoms with E-state index < -0.39 is 21.0 Å². The lowest BCUT2D eigenvalue weighted by atomic mass is 9.98. The standard InChI is InChI=1S/C25H27N5O6S/c1-29(2)15-18-7-9-19(14-22(18)30(32)33)37(34,35)28-25(31)27-24-20-6-4-5-16(20)8-10-21(24)17-11-12-26-23(13-17)36-3/h7-14H,4-6,15H2,1-3H3,(H2,27,28,31). The number of aryl methyl sites for hydroxylation is 1. The van der Waals surface area contributed by atoms with Gasteiger partial charge < -0.3 is 15.0 Å². The number of carbonyl (C=O) groups excluding carboxylic acids is 1. The van der Waals surface area contributed by atoms with Gasteiger partial charge in [0.2, 0.25) is 5.88 Å². The van der Waals surface area contributed by atoms with Gasteiger partial charge in [0.25, 0.3) is 15.7 Å². The number of fused-ring (bicyclic) bond motifs is 1. The van der Waals surface area contributed by atoms with E-state index in [0.29, 0.717) is 22.7 Å². The van der Waals surface area contributed by atoms with E-state index in [0.717, 1.165) is 42.0 Å². The number of rotatable bonds is 8. The van der Waals surface area contributed by atoms with Crippen LogP contribution in [-0.2, 0) is 29.4 Å². The molecule has 0 aliphatic heterocycles. The number of amides is 2. The maximum atomic E-state index is 13.0. The monoisotopic (exact) mass is 525 g/mol. The fourth-order valence-corrected chi connectivity index (χ4v) is 5.34. The lowest BCUT2D eigenvalue weighted by molar-refractivity contribution is -0.385. The molecule has 0 atom stereocenters. The van der Waals surface area contributed by atoms with Crippen molar-refractivity contribution in [2.45, 2.75) is 30.7 Å². The van der Waals surface area contributed by atoms with Crippen molar-refractivity contribution in [1.82, 2.24) is 14.6 Å². The molecule has 0 fully saturated rings. The van der Waals surface area contributed by atoms with Crippen LogP contribution in [0.15, 0.2) is 53.6 Å². The van der Waals surface area contributed by atoms with Crippen molar-refractivity contribution < 1.29 is 22.9 Å². The first-order chi connectivity index (χ1) is 17.6. The number of nitrogens with one attached hydrogen (secondary N) is 2. The van der Waals surface area contributed by atoms with Gasteiger partial charge in [-0.15, -0.1) is 0 Å². The highest BCUT2D eigenvalue weighted by Crippen LogP contribution is 2.38. The topological polar surface area (TPSA) is 144 Å². The van der Waals surface area contributed by atoms with Gasteiger partial charge in [-0.2, -0.15) is 0 Å². The number of anilines is 1. The minimum absolute atomic E-state index is 0.256. The molecule has 1 aromatic heterocycles. The molecule has 0 saturated carbocycles. The molecule has 0 spiro atoms. The van der Waals surface area contributed by atoms with Crippen molar-refractivity contribution in [1.29, 1.82) is 0 Å². The Labute approximate surface area is 214 Å². The van der Waals surface area contributed by atoms with E-state index in [1.807, 2.05) is 16.9 Å². The van der Waals surface area contributed by atoms with Gasteiger partial charge in [0.1, 0.15) is 0 Å². The molecule has 2 aromatic carbocycles. The largest absolute Gasteiger partial charge is 0.481 e. The number of ether oxygens (including phenoxy) is 1. The number of hydrogen-bond donors (Lipinski definition) is 2. The number of pyridine rings is 1. The van der Waals surface area contributed by atoms with Crippen LogP contribution in [0.4, 0.5) is 16.2 Å². The van der Waals surface area contributed by atoms with E-state index in [2.05, 4.69) is 10.3 Å². The number of aromatic nitrogens is 1. The lowest BCUT2D eigenvalue weighted by Gasteiger charge is -2.17. The Kier molecular flexibility index (Phi) is 7.41. The second-order valence-corrected chi connectivity index (χ2v) is 10.6. The van der Waals surface area contributed by atoms with Crippen LogP contribution in [0.25, 0.3) is 11.1 Å². The maximum absolute atomic E-state index is 13.0. The van der Waals surface area contributed by atoms with E-state index in [1.54, 1.807) is 37.3 Å². The van der Waals surface area contributed by atoms with Gasteiger partial charge in [-0.25, -0.2) is 22.9 Å². The molecule has 11 nitrogen and oxygen atoms in total. The van der Waals surface area contributed by atoms with Gasteiger partial charge >= 0.3 is 6.03 Å².